The Hall–Kier alpha value is -3.72. The summed E-state index contributed by atoms with van der Waals surface area (Å²) >= 11 is 0. The third kappa shape index (κ3) is 6.89. The summed E-state index contributed by atoms with van der Waals surface area (Å²) in [6.45, 7) is 10.8. The van der Waals surface area contributed by atoms with Crippen LogP contribution in [0.4, 0.5) is 5.69 Å². The van der Waals surface area contributed by atoms with E-state index in [1.54, 1.807) is 6.08 Å². The summed E-state index contributed by atoms with van der Waals surface area (Å²) in [5, 5.41) is 2.87. The lowest BCUT2D eigenvalue weighted by atomic mass is 9.72. The number of hydrogen-bond acceptors (Lipinski definition) is 2. The highest BCUT2D eigenvalue weighted by Gasteiger charge is 2.27. The molecule has 3 nitrogen and oxygen atoms in total. The molecular weight excluding hydrogens is 416 g/mol. The molecule has 1 heterocycles. The molecule has 0 aliphatic heterocycles. The van der Waals surface area contributed by atoms with Crippen LogP contribution in [0.25, 0.3) is 5.57 Å². The van der Waals surface area contributed by atoms with Crippen LogP contribution in [0, 0.1) is 5.41 Å². The number of nitrogens with zero attached hydrogens (tertiary/aromatic N) is 1. The molecule has 3 rings (SSSR count). The highest BCUT2D eigenvalue weighted by molar-refractivity contribution is 5.99. The number of carbonyl (C=O) groups excluding carboxylic acids is 1. The van der Waals surface area contributed by atoms with Crippen LogP contribution >= 0.6 is 0 Å². The average molecular weight is 451 g/mol. The van der Waals surface area contributed by atoms with Crippen molar-refractivity contribution in [1.82, 2.24) is 4.98 Å². The van der Waals surface area contributed by atoms with Gasteiger partial charge in [-0.05, 0) is 78.7 Å². The van der Waals surface area contributed by atoms with Crippen LogP contribution in [-0.2, 0) is 4.79 Å². The van der Waals surface area contributed by atoms with Gasteiger partial charge in [-0.15, -0.1) is 0 Å². The standard InChI is InChI=1S/C31H34N2O/c1-23(11-9-12-24(2)21-30(34)33-27-14-7-6-8-15-27)16-17-29-25(3)28(18-19-31(29,4)5)26-13-10-20-32-22-26/h6-18,20-22H,19H2,1-5H3,(H,33,34)/b12-9+,17-16+,23-11+,24-21-. The Morgan fingerprint density at radius 2 is 1.79 bits per heavy atom. The predicted octanol–water partition coefficient (Wildman–Crippen LogP) is 7.86. The van der Waals surface area contributed by atoms with Crippen molar-refractivity contribution in [3.8, 4) is 0 Å². The molecule has 1 N–H and O–H groups in total. The summed E-state index contributed by atoms with van der Waals surface area (Å²) in [7, 11) is 0. The van der Waals surface area contributed by atoms with Gasteiger partial charge in [0.05, 0.1) is 0 Å². The Morgan fingerprint density at radius 1 is 1.03 bits per heavy atom. The zero-order valence-corrected chi connectivity index (χ0v) is 20.8. The van der Waals surface area contributed by atoms with Crippen molar-refractivity contribution in [3.63, 3.8) is 0 Å². The monoisotopic (exact) mass is 450 g/mol. The zero-order valence-electron chi connectivity index (χ0n) is 20.8. The molecule has 1 aliphatic carbocycles. The predicted molar refractivity (Wildman–Crippen MR) is 144 cm³/mol. The highest BCUT2D eigenvalue weighted by atomic mass is 16.1. The molecular formula is C31H34N2O. The molecule has 0 radical (unpaired) electrons. The quantitative estimate of drug-likeness (QED) is 0.345. The first kappa shape index (κ1) is 24.9. The zero-order chi connectivity index (χ0) is 24.6. The van der Waals surface area contributed by atoms with Crippen molar-refractivity contribution in [1.29, 1.82) is 0 Å². The van der Waals surface area contributed by atoms with Gasteiger partial charge in [-0.2, -0.15) is 0 Å². The number of para-hydroxylation sites is 1. The number of benzene rings is 1. The lowest BCUT2D eigenvalue weighted by molar-refractivity contribution is -0.111. The van der Waals surface area contributed by atoms with E-state index in [-0.39, 0.29) is 11.3 Å². The molecule has 1 amide bonds. The first-order chi connectivity index (χ1) is 16.3. The number of nitrogens with one attached hydrogen (secondary N) is 1. The van der Waals surface area contributed by atoms with Gasteiger partial charge < -0.3 is 5.32 Å². The minimum absolute atomic E-state index is 0.0772. The molecule has 0 unspecified atom stereocenters. The molecule has 174 valence electrons. The number of hydrogen-bond donors (Lipinski definition) is 1. The number of anilines is 1. The maximum atomic E-state index is 12.2. The van der Waals surface area contributed by atoms with Gasteiger partial charge in [-0.3, -0.25) is 9.78 Å². The highest BCUT2D eigenvalue weighted by Crippen LogP contribution is 2.43. The summed E-state index contributed by atoms with van der Waals surface area (Å²) in [5.41, 5.74) is 7.97. The maximum Gasteiger partial charge on any atom is 0.248 e. The smallest absolute Gasteiger partial charge is 0.248 e. The Kier molecular flexibility index (Phi) is 8.37. The van der Waals surface area contributed by atoms with E-state index in [4.69, 9.17) is 0 Å². The summed E-state index contributed by atoms with van der Waals surface area (Å²) in [5.74, 6) is -0.131. The number of carbonyl (C=O) groups is 1. The topological polar surface area (TPSA) is 42.0 Å². The summed E-state index contributed by atoms with van der Waals surface area (Å²) in [6.07, 6.45) is 19.1. The molecule has 0 spiro atoms. The van der Waals surface area contributed by atoms with Crippen LogP contribution in [0.2, 0.25) is 0 Å². The first-order valence-electron chi connectivity index (χ1n) is 11.7. The van der Waals surface area contributed by atoms with E-state index in [2.05, 4.69) is 68.4 Å². The normalized spacial score (nSPS) is 16.8. The second-order valence-corrected chi connectivity index (χ2v) is 9.33. The molecule has 1 aliphatic rings. The van der Waals surface area contributed by atoms with Gasteiger partial charge in [0.1, 0.15) is 0 Å². The molecule has 0 bridgehead atoms. The second-order valence-electron chi connectivity index (χ2n) is 9.33. The number of allylic oxidation sites excluding steroid dienone is 11. The minimum Gasteiger partial charge on any atom is -0.323 e. The number of aromatic nitrogens is 1. The van der Waals surface area contributed by atoms with Gasteiger partial charge in [-0.1, -0.05) is 80.1 Å². The lowest BCUT2D eigenvalue weighted by Crippen LogP contribution is -2.18. The van der Waals surface area contributed by atoms with E-state index in [1.807, 2.05) is 67.9 Å². The largest absolute Gasteiger partial charge is 0.323 e. The van der Waals surface area contributed by atoms with Gasteiger partial charge in [0.15, 0.2) is 0 Å². The fourth-order valence-electron chi connectivity index (χ4n) is 4.06. The molecule has 1 aromatic heterocycles. The Morgan fingerprint density at radius 3 is 2.50 bits per heavy atom. The number of rotatable bonds is 7. The SMILES string of the molecule is CC1=C(/C=C/C(C)=C/C=C/C(C)=C\C(=O)Nc2ccccc2)C(C)(C)CC=C1c1cccnc1. The van der Waals surface area contributed by atoms with E-state index in [1.165, 1.54) is 16.7 Å². The van der Waals surface area contributed by atoms with Crippen molar-refractivity contribution in [2.24, 2.45) is 5.41 Å². The van der Waals surface area contributed by atoms with E-state index < -0.39 is 0 Å². The van der Waals surface area contributed by atoms with Gasteiger partial charge >= 0.3 is 0 Å². The van der Waals surface area contributed by atoms with Crippen molar-refractivity contribution in [2.45, 2.75) is 41.0 Å². The van der Waals surface area contributed by atoms with Crippen LogP contribution in [0.15, 0.2) is 120 Å². The Balaban J connectivity index is 1.69. The van der Waals surface area contributed by atoms with E-state index in [0.717, 1.165) is 28.8 Å². The van der Waals surface area contributed by atoms with Crippen molar-refractivity contribution >= 4 is 17.2 Å². The van der Waals surface area contributed by atoms with E-state index >= 15 is 0 Å². The van der Waals surface area contributed by atoms with E-state index in [0.29, 0.717) is 0 Å². The van der Waals surface area contributed by atoms with Crippen LogP contribution in [0.5, 0.6) is 0 Å². The molecule has 2 aromatic rings. The van der Waals surface area contributed by atoms with Crippen LogP contribution < -0.4 is 5.32 Å². The average Bonchev–Trinajstić information content (AvgIpc) is 2.79. The maximum absolute atomic E-state index is 12.2. The van der Waals surface area contributed by atoms with Crippen molar-refractivity contribution in [2.75, 3.05) is 5.32 Å². The van der Waals surface area contributed by atoms with Crippen LogP contribution in [0.1, 0.15) is 46.6 Å². The molecule has 0 saturated heterocycles. The summed E-state index contributed by atoms with van der Waals surface area (Å²) in [6, 6.07) is 13.6. The number of amides is 1. The lowest BCUT2D eigenvalue weighted by Gasteiger charge is -2.32. The molecule has 34 heavy (non-hydrogen) atoms. The molecule has 0 fully saturated rings. The Labute approximate surface area is 204 Å². The van der Waals surface area contributed by atoms with Crippen molar-refractivity contribution < 1.29 is 4.79 Å². The summed E-state index contributed by atoms with van der Waals surface area (Å²) < 4.78 is 0. The van der Waals surface area contributed by atoms with E-state index in [9.17, 15) is 4.79 Å². The van der Waals surface area contributed by atoms with Crippen LogP contribution in [-0.4, -0.2) is 10.9 Å². The summed E-state index contributed by atoms with van der Waals surface area (Å²) in [4.78, 5) is 16.4. The van der Waals surface area contributed by atoms with Gasteiger partial charge in [0.2, 0.25) is 5.91 Å². The third-order valence-electron chi connectivity index (χ3n) is 5.96. The molecule has 1 aromatic carbocycles. The van der Waals surface area contributed by atoms with Crippen LogP contribution in [0.3, 0.4) is 0 Å². The molecule has 0 atom stereocenters. The van der Waals surface area contributed by atoms with Gasteiger partial charge in [0.25, 0.3) is 0 Å². The third-order valence-corrected chi connectivity index (χ3v) is 5.96. The minimum atomic E-state index is -0.131. The van der Waals surface area contributed by atoms with Gasteiger partial charge in [-0.25, -0.2) is 0 Å². The Bertz CT molecular complexity index is 1190. The van der Waals surface area contributed by atoms with Gasteiger partial charge in [0, 0.05) is 24.2 Å². The fraction of sp³-hybridized carbons (Fsp3) is 0.226. The molecule has 3 heteroatoms. The second kappa shape index (κ2) is 11.4. The first-order valence-corrected chi connectivity index (χ1v) is 11.7. The fourth-order valence-corrected chi connectivity index (χ4v) is 4.06. The number of pyridine rings is 1. The van der Waals surface area contributed by atoms with Crippen molar-refractivity contribution in [3.05, 3.63) is 125 Å². The molecule has 0 saturated carbocycles.